The highest BCUT2D eigenvalue weighted by Crippen LogP contribution is 2.25. The molecule has 2 rings (SSSR count). The third-order valence-electron chi connectivity index (χ3n) is 3.29. The molecule has 0 aliphatic carbocycles. The Morgan fingerprint density at radius 3 is 3.11 bits per heavy atom. The minimum Gasteiger partial charge on any atom is -0.493 e. The Morgan fingerprint density at radius 2 is 2.22 bits per heavy atom. The topological polar surface area (TPSA) is 21.3 Å². The fraction of sp³-hybridized carbons (Fsp3) is 0.600. The molecule has 1 aromatic rings. The van der Waals surface area contributed by atoms with E-state index >= 15 is 0 Å². The molecule has 1 aliphatic heterocycles. The van der Waals surface area contributed by atoms with Gasteiger partial charge in [0, 0.05) is 13.0 Å². The van der Waals surface area contributed by atoms with Crippen molar-refractivity contribution in [2.75, 3.05) is 25.2 Å². The fourth-order valence-corrected chi connectivity index (χ4v) is 2.75. The normalized spacial score (nSPS) is 13.4. The summed E-state index contributed by atoms with van der Waals surface area (Å²) < 4.78 is 5.51. The maximum absolute atomic E-state index is 5.51. The first kappa shape index (κ1) is 13.8. The third-order valence-corrected chi connectivity index (χ3v) is 3.98. The highest BCUT2D eigenvalue weighted by atomic mass is 32.2. The average Bonchev–Trinajstić information content (AvgIpc) is 2.85. The summed E-state index contributed by atoms with van der Waals surface area (Å²) >= 11 is 1.94. The number of hydrogen-bond acceptors (Lipinski definition) is 3. The van der Waals surface area contributed by atoms with E-state index in [0.29, 0.717) is 0 Å². The second-order valence-corrected chi connectivity index (χ2v) is 5.76. The monoisotopic (exact) mass is 265 g/mol. The van der Waals surface area contributed by atoms with Crippen molar-refractivity contribution in [3.05, 3.63) is 29.3 Å². The van der Waals surface area contributed by atoms with Gasteiger partial charge in [-0.1, -0.05) is 18.6 Å². The van der Waals surface area contributed by atoms with Crippen LogP contribution in [0.2, 0.25) is 0 Å². The number of unbranched alkanes of at least 4 members (excludes halogenated alkanes) is 2. The van der Waals surface area contributed by atoms with Crippen molar-refractivity contribution < 1.29 is 4.74 Å². The van der Waals surface area contributed by atoms with Crippen LogP contribution in [-0.2, 0) is 13.0 Å². The Hall–Kier alpha value is -0.670. The van der Waals surface area contributed by atoms with Crippen LogP contribution in [0.25, 0.3) is 0 Å². The molecule has 18 heavy (non-hydrogen) atoms. The van der Waals surface area contributed by atoms with E-state index in [9.17, 15) is 0 Å². The van der Waals surface area contributed by atoms with Crippen molar-refractivity contribution in [2.45, 2.75) is 32.2 Å². The zero-order valence-electron chi connectivity index (χ0n) is 11.2. The summed E-state index contributed by atoms with van der Waals surface area (Å²) in [5, 5.41) is 3.52. The molecule has 3 heteroatoms. The van der Waals surface area contributed by atoms with E-state index in [4.69, 9.17) is 4.74 Å². The number of ether oxygens (including phenoxy) is 1. The van der Waals surface area contributed by atoms with Gasteiger partial charge < -0.3 is 10.1 Å². The minimum absolute atomic E-state index is 0.849. The van der Waals surface area contributed by atoms with Crippen LogP contribution in [0.3, 0.4) is 0 Å². The van der Waals surface area contributed by atoms with E-state index in [1.165, 1.54) is 36.1 Å². The molecule has 1 aliphatic rings. The lowest BCUT2D eigenvalue weighted by Gasteiger charge is -2.06. The van der Waals surface area contributed by atoms with E-state index in [0.717, 1.165) is 31.9 Å². The smallest absolute Gasteiger partial charge is 0.122 e. The van der Waals surface area contributed by atoms with Gasteiger partial charge in [0.05, 0.1) is 6.61 Å². The fourth-order valence-electron chi connectivity index (χ4n) is 2.26. The van der Waals surface area contributed by atoms with Crippen molar-refractivity contribution in [2.24, 2.45) is 0 Å². The van der Waals surface area contributed by atoms with Crippen molar-refractivity contribution in [3.63, 3.8) is 0 Å². The van der Waals surface area contributed by atoms with Crippen LogP contribution in [0.15, 0.2) is 18.2 Å². The molecule has 1 heterocycles. The Bertz CT molecular complexity index is 368. The van der Waals surface area contributed by atoms with E-state index in [1.54, 1.807) is 0 Å². The Morgan fingerprint density at radius 1 is 1.28 bits per heavy atom. The zero-order chi connectivity index (χ0) is 12.6. The van der Waals surface area contributed by atoms with Crippen molar-refractivity contribution >= 4 is 11.8 Å². The molecule has 2 nitrogen and oxygen atoms in total. The quantitative estimate of drug-likeness (QED) is 0.729. The molecule has 0 aromatic heterocycles. The van der Waals surface area contributed by atoms with E-state index in [1.807, 2.05) is 11.8 Å². The summed E-state index contributed by atoms with van der Waals surface area (Å²) in [7, 11) is 0. The van der Waals surface area contributed by atoms with Gasteiger partial charge >= 0.3 is 0 Å². The maximum atomic E-state index is 5.51. The van der Waals surface area contributed by atoms with Crippen LogP contribution in [0.5, 0.6) is 5.75 Å². The van der Waals surface area contributed by atoms with Gasteiger partial charge in [-0.3, -0.25) is 0 Å². The van der Waals surface area contributed by atoms with Gasteiger partial charge in [-0.15, -0.1) is 0 Å². The van der Waals surface area contributed by atoms with Crippen LogP contribution in [0.4, 0.5) is 0 Å². The van der Waals surface area contributed by atoms with Crippen LogP contribution < -0.4 is 10.1 Å². The van der Waals surface area contributed by atoms with Crippen molar-refractivity contribution in [1.82, 2.24) is 5.32 Å². The second-order valence-electron chi connectivity index (χ2n) is 4.77. The van der Waals surface area contributed by atoms with Crippen LogP contribution >= 0.6 is 11.8 Å². The van der Waals surface area contributed by atoms with E-state index in [-0.39, 0.29) is 0 Å². The molecule has 0 spiro atoms. The molecule has 1 N–H and O–H groups in total. The summed E-state index contributed by atoms with van der Waals surface area (Å²) in [5.74, 6) is 2.38. The summed E-state index contributed by atoms with van der Waals surface area (Å²) in [6, 6.07) is 6.56. The zero-order valence-corrected chi connectivity index (χ0v) is 12.0. The Kier molecular flexibility index (Phi) is 5.88. The number of nitrogens with one attached hydrogen (secondary N) is 1. The van der Waals surface area contributed by atoms with Crippen LogP contribution in [0.1, 0.15) is 30.4 Å². The SMILES string of the molecule is CSCCCCCNCc1ccc2c(c1)CCO2. The number of benzene rings is 1. The van der Waals surface area contributed by atoms with Gasteiger partial charge in [0.15, 0.2) is 0 Å². The summed E-state index contributed by atoms with van der Waals surface area (Å²) in [6.45, 7) is 2.96. The lowest BCUT2D eigenvalue weighted by molar-refractivity contribution is 0.357. The lowest BCUT2D eigenvalue weighted by Crippen LogP contribution is -2.14. The molecular formula is C15H23NOS. The standard InChI is InChI=1S/C15H23NOS/c1-18-10-4-2-3-8-16-12-13-5-6-15-14(11-13)7-9-17-15/h5-6,11,16H,2-4,7-10,12H2,1H3. The lowest BCUT2D eigenvalue weighted by atomic mass is 10.1. The molecule has 0 saturated carbocycles. The second kappa shape index (κ2) is 7.70. The summed E-state index contributed by atoms with van der Waals surface area (Å²) in [6.07, 6.45) is 7.22. The molecule has 0 fully saturated rings. The third kappa shape index (κ3) is 4.21. The molecule has 0 unspecified atom stereocenters. The number of thioether (sulfide) groups is 1. The summed E-state index contributed by atoms with van der Waals surface area (Å²) in [5.41, 5.74) is 2.75. The average molecular weight is 265 g/mol. The number of rotatable bonds is 8. The molecule has 0 amide bonds. The predicted molar refractivity (Wildman–Crippen MR) is 79.6 cm³/mol. The predicted octanol–water partition coefficient (Wildman–Crippen LogP) is 3.24. The molecule has 0 saturated heterocycles. The largest absolute Gasteiger partial charge is 0.493 e. The first-order valence-corrected chi connectivity index (χ1v) is 8.24. The Labute approximate surface area is 114 Å². The summed E-state index contributed by atoms with van der Waals surface area (Å²) in [4.78, 5) is 0. The number of hydrogen-bond donors (Lipinski definition) is 1. The van der Waals surface area contributed by atoms with Crippen LogP contribution in [0, 0.1) is 0 Å². The van der Waals surface area contributed by atoms with Gasteiger partial charge in [0.2, 0.25) is 0 Å². The Balaban J connectivity index is 1.62. The molecule has 0 bridgehead atoms. The van der Waals surface area contributed by atoms with Crippen molar-refractivity contribution in [3.8, 4) is 5.75 Å². The van der Waals surface area contributed by atoms with Gasteiger partial charge in [0.1, 0.15) is 5.75 Å². The first-order valence-electron chi connectivity index (χ1n) is 6.84. The highest BCUT2D eigenvalue weighted by Gasteiger charge is 2.11. The molecule has 1 aromatic carbocycles. The maximum Gasteiger partial charge on any atom is 0.122 e. The minimum atomic E-state index is 0.849. The molecule has 0 atom stereocenters. The van der Waals surface area contributed by atoms with Crippen LogP contribution in [-0.4, -0.2) is 25.2 Å². The molecular weight excluding hydrogens is 242 g/mol. The molecule has 100 valence electrons. The first-order chi connectivity index (χ1) is 8.90. The van der Waals surface area contributed by atoms with Crippen molar-refractivity contribution in [1.29, 1.82) is 0 Å². The van der Waals surface area contributed by atoms with E-state index < -0.39 is 0 Å². The number of fused-ring (bicyclic) bond motifs is 1. The highest BCUT2D eigenvalue weighted by molar-refractivity contribution is 7.98. The van der Waals surface area contributed by atoms with E-state index in [2.05, 4.69) is 29.8 Å². The van der Waals surface area contributed by atoms with Gasteiger partial charge in [-0.2, -0.15) is 11.8 Å². The van der Waals surface area contributed by atoms with Gasteiger partial charge in [-0.05, 0) is 48.6 Å². The van der Waals surface area contributed by atoms with Gasteiger partial charge in [0.25, 0.3) is 0 Å². The van der Waals surface area contributed by atoms with Gasteiger partial charge in [-0.25, -0.2) is 0 Å². The molecule has 0 radical (unpaired) electrons.